The van der Waals surface area contributed by atoms with Gasteiger partial charge in [0.2, 0.25) is 5.78 Å². The quantitative estimate of drug-likeness (QED) is 0.471. The normalized spacial score (nSPS) is 14.2. The second-order valence-electron chi connectivity index (χ2n) is 7.56. The van der Waals surface area contributed by atoms with E-state index in [1.54, 1.807) is 12.1 Å². The Hall–Kier alpha value is -3.59. The maximum atomic E-state index is 12.8. The third-order valence-electron chi connectivity index (χ3n) is 5.18. The molecule has 1 heterocycles. The molecule has 1 aliphatic rings. The van der Waals surface area contributed by atoms with Crippen LogP contribution in [0.3, 0.4) is 0 Å². The number of allylic oxidation sites excluding steroid dienone is 3. The molecule has 0 unspecified atom stereocenters. The Balaban J connectivity index is 1.51. The summed E-state index contributed by atoms with van der Waals surface area (Å²) in [4.78, 5) is 12.8. The van der Waals surface area contributed by atoms with E-state index in [0.29, 0.717) is 29.4 Å². The summed E-state index contributed by atoms with van der Waals surface area (Å²) in [5.74, 6) is 1.48. The molecule has 3 aromatic rings. The first kappa shape index (κ1) is 19.7. The second kappa shape index (κ2) is 8.42. The van der Waals surface area contributed by atoms with Crippen LogP contribution in [0.4, 0.5) is 0 Å². The zero-order valence-electron chi connectivity index (χ0n) is 17.4. The minimum atomic E-state index is -0.0960. The Morgan fingerprint density at radius 1 is 0.933 bits per heavy atom. The predicted molar refractivity (Wildman–Crippen MR) is 120 cm³/mol. The first-order valence-electron chi connectivity index (χ1n) is 10.0. The van der Waals surface area contributed by atoms with Crippen molar-refractivity contribution in [1.82, 2.24) is 0 Å². The van der Waals surface area contributed by atoms with Gasteiger partial charge in [0.1, 0.15) is 18.1 Å². The van der Waals surface area contributed by atoms with E-state index >= 15 is 0 Å². The number of carbonyl (C=O) groups is 1. The fourth-order valence-corrected chi connectivity index (χ4v) is 3.50. The van der Waals surface area contributed by atoms with Crippen molar-refractivity contribution in [2.24, 2.45) is 0 Å². The van der Waals surface area contributed by atoms with Crippen LogP contribution in [0.5, 0.6) is 11.5 Å². The highest BCUT2D eigenvalue weighted by Crippen LogP contribution is 2.37. The summed E-state index contributed by atoms with van der Waals surface area (Å²) in [5, 5.41) is 0. The van der Waals surface area contributed by atoms with E-state index in [2.05, 4.69) is 32.0 Å². The lowest BCUT2D eigenvalue weighted by Crippen LogP contribution is -2.00. The van der Waals surface area contributed by atoms with Crippen LogP contribution in [0.15, 0.2) is 78.6 Å². The van der Waals surface area contributed by atoms with Gasteiger partial charge in [-0.3, -0.25) is 4.79 Å². The Labute approximate surface area is 177 Å². The zero-order valence-corrected chi connectivity index (χ0v) is 17.4. The minimum Gasteiger partial charge on any atom is -0.489 e. The van der Waals surface area contributed by atoms with Crippen LogP contribution in [0, 0.1) is 20.8 Å². The number of ether oxygens (including phenoxy) is 2. The highest BCUT2D eigenvalue weighted by Gasteiger charge is 2.29. The van der Waals surface area contributed by atoms with E-state index in [-0.39, 0.29) is 5.78 Å². The number of Topliss-reactive ketones (excluding diaryl/α,β-unsaturated/α-hetero) is 1. The number of hydrogen-bond donors (Lipinski definition) is 0. The number of hydrogen-bond acceptors (Lipinski definition) is 3. The molecular weight excluding hydrogens is 372 g/mol. The predicted octanol–water partition coefficient (Wildman–Crippen LogP) is 6.36. The largest absolute Gasteiger partial charge is 0.489 e. The van der Waals surface area contributed by atoms with Crippen LogP contribution in [-0.4, -0.2) is 5.78 Å². The minimum absolute atomic E-state index is 0.0960. The monoisotopic (exact) mass is 396 g/mol. The molecule has 0 N–H and O–H groups in total. The summed E-state index contributed by atoms with van der Waals surface area (Å²) >= 11 is 0. The van der Waals surface area contributed by atoms with E-state index in [0.717, 1.165) is 16.7 Å². The van der Waals surface area contributed by atoms with Gasteiger partial charge in [-0.1, -0.05) is 66.2 Å². The molecule has 4 rings (SSSR count). The number of fused-ring (bicyclic) bond motifs is 1. The average molecular weight is 396 g/mol. The number of rotatable bonds is 5. The van der Waals surface area contributed by atoms with Crippen molar-refractivity contribution >= 4 is 11.9 Å². The smallest absolute Gasteiger partial charge is 0.232 e. The van der Waals surface area contributed by atoms with Crippen LogP contribution in [-0.2, 0) is 6.61 Å². The van der Waals surface area contributed by atoms with Crippen molar-refractivity contribution in [1.29, 1.82) is 0 Å². The summed E-state index contributed by atoms with van der Waals surface area (Å²) < 4.78 is 11.9. The van der Waals surface area contributed by atoms with Crippen molar-refractivity contribution in [3.63, 3.8) is 0 Å². The van der Waals surface area contributed by atoms with E-state index in [1.807, 2.05) is 55.5 Å². The molecule has 0 saturated carbocycles. The van der Waals surface area contributed by atoms with Gasteiger partial charge in [0, 0.05) is 6.07 Å². The van der Waals surface area contributed by atoms with Gasteiger partial charge in [-0.25, -0.2) is 0 Å². The van der Waals surface area contributed by atoms with Gasteiger partial charge in [0.05, 0.1) is 5.56 Å². The Kier molecular flexibility index (Phi) is 5.53. The molecule has 0 saturated heterocycles. The zero-order chi connectivity index (χ0) is 21.1. The molecule has 0 aliphatic carbocycles. The van der Waals surface area contributed by atoms with E-state index in [4.69, 9.17) is 9.47 Å². The van der Waals surface area contributed by atoms with E-state index in [9.17, 15) is 4.79 Å². The van der Waals surface area contributed by atoms with Crippen molar-refractivity contribution < 1.29 is 14.3 Å². The fraction of sp³-hybridized carbons (Fsp3) is 0.148. The van der Waals surface area contributed by atoms with Crippen LogP contribution in [0.2, 0.25) is 0 Å². The van der Waals surface area contributed by atoms with Crippen LogP contribution >= 0.6 is 0 Å². The molecule has 0 fully saturated rings. The molecule has 0 radical (unpaired) electrons. The number of aryl methyl sites for hydroxylation is 3. The third kappa shape index (κ3) is 4.20. The maximum Gasteiger partial charge on any atom is 0.232 e. The van der Waals surface area contributed by atoms with Gasteiger partial charge in [-0.15, -0.1) is 0 Å². The average Bonchev–Trinajstić information content (AvgIpc) is 3.05. The number of benzene rings is 3. The molecule has 0 amide bonds. The number of carbonyl (C=O) groups excluding carboxylic acids is 1. The lowest BCUT2D eigenvalue weighted by atomic mass is 10.0. The number of ketones is 1. The maximum absolute atomic E-state index is 12.8. The van der Waals surface area contributed by atoms with E-state index in [1.165, 1.54) is 11.1 Å². The molecule has 0 spiro atoms. The van der Waals surface area contributed by atoms with Gasteiger partial charge in [0.15, 0.2) is 5.76 Å². The second-order valence-corrected chi connectivity index (χ2v) is 7.56. The van der Waals surface area contributed by atoms with Gasteiger partial charge in [-0.2, -0.15) is 0 Å². The fourth-order valence-electron chi connectivity index (χ4n) is 3.50. The highest BCUT2D eigenvalue weighted by atomic mass is 16.5. The first-order chi connectivity index (χ1) is 14.5. The summed E-state index contributed by atoms with van der Waals surface area (Å²) in [7, 11) is 0. The summed E-state index contributed by atoms with van der Waals surface area (Å²) in [6, 6.07) is 20.0. The summed E-state index contributed by atoms with van der Waals surface area (Å²) in [6.45, 7) is 6.53. The van der Waals surface area contributed by atoms with Crippen molar-refractivity contribution in [2.75, 3.05) is 0 Å². The molecule has 30 heavy (non-hydrogen) atoms. The first-order valence-corrected chi connectivity index (χ1v) is 10.0. The van der Waals surface area contributed by atoms with Crippen LogP contribution < -0.4 is 9.47 Å². The molecule has 3 aromatic carbocycles. The van der Waals surface area contributed by atoms with Crippen molar-refractivity contribution in [2.45, 2.75) is 27.4 Å². The third-order valence-corrected chi connectivity index (χ3v) is 5.18. The lowest BCUT2D eigenvalue weighted by molar-refractivity contribution is 0.101. The SMILES string of the molecule is Cc1ccc(C)c(COc2cc(C)c3c(c2)O/C(=C\C=C\c2ccccc2)C3=O)c1. The standard InChI is InChI=1S/C27H24O3/c1-18-12-13-19(2)22(14-18)17-29-23-15-20(3)26-25(16-23)30-24(27(26)28)11-7-10-21-8-5-4-6-9-21/h4-16H,17H2,1-3H3/b10-7+,24-11-. The molecule has 150 valence electrons. The Bertz CT molecular complexity index is 1150. The van der Waals surface area contributed by atoms with Crippen LogP contribution in [0.25, 0.3) is 6.08 Å². The van der Waals surface area contributed by atoms with Crippen LogP contribution in [0.1, 0.15) is 38.2 Å². The molecule has 1 aliphatic heterocycles. The lowest BCUT2D eigenvalue weighted by Gasteiger charge is -2.11. The van der Waals surface area contributed by atoms with Gasteiger partial charge in [-0.05, 0) is 55.2 Å². The molecule has 0 aromatic heterocycles. The summed E-state index contributed by atoms with van der Waals surface area (Å²) in [6.07, 6.45) is 5.49. The van der Waals surface area contributed by atoms with Crippen molar-refractivity contribution in [3.05, 3.63) is 112 Å². The van der Waals surface area contributed by atoms with E-state index < -0.39 is 0 Å². The highest BCUT2D eigenvalue weighted by molar-refractivity contribution is 6.13. The van der Waals surface area contributed by atoms with Gasteiger partial charge in [0.25, 0.3) is 0 Å². The molecule has 3 nitrogen and oxygen atoms in total. The molecule has 0 atom stereocenters. The molecule has 3 heteroatoms. The summed E-state index contributed by atoms with van der Waals surface area (Å²) in [5.41, 5.74) is 6.07. The molecular formula is C27H24O3. The molecule has 0 bridgehead atoms. The van der Waals surface area contributed by atoms with Gasteiger partial charge < -0.3 is 9.47 Å². The Morgan fingerprint density at radius 2 is 1.73 bits per heavy atom. The Morgan fingerprint density at radius 3 is 2.53 bits per heavy atom. The van der Waals surface area contributed by atoms with Gasteiger partial charge >= 0.3 is 0 Å². The topological polar surface area (TPSA) is 35.5 Å². The van der Waals surface area contributed by atoms with Crippen molar-refractivity contribution in [3.8, 4) is 11.5 Å².